The van der Waals surface area contributed by atoms with Crippen LogP contribution in [0.2, 0.25) is 0 Å². The second-order valence-corrected chi connectivity index (χ2v) is 12.3. The molecule has 0 bridgehead atoms. The van der Waals surface area contributed by atoms with Crippen LogP contribution >= 0.6 is 0 Å². The van der Waals surface area contributed by atoms with E-state index in [9.17, 15) is 19.8 Å². The van der Waals surface area contributed by atoms with Crippen LogP contribution < -0.4 is 5.32 Å². The number of nitrogens with one attached hydrogen (secondary N) is 1. The van der Waals surface area contributed by atoms with E-state index in [0.717, 1.165) is 11.1 Å². The number of benzene rings is 3. The monoisotopic (exact) mass is 541 g/mol. The minimum Gasteiger partial charge on any atom is -0.507 e. The minimum absolute atomic E-state index is 0.0150. The summed E-state index contributed by atoms with van der Waals surface area (Å²) in [6, 6.07) is 18.0. The molecule has 0 saturated carbocycles. The summed E-state index contributed by atoms with van der Waals surface area (Å²) in [7, 11) is 0. The first kappa shape index (κ1) is 29.0. The van der Waals surface area contributed by atoms with Crippen LogP contribution in [-0.4, -0.2) is 44.5 Å². The highest BCUT2D eigenvalue weighted by molar-refractivity contribution is 6.10. The molecule has 3 N–H and O–H groups in total. The van der Waals surface area contributed by atoms with Gasteiger partial charge in [-0.2, -0.15) is 0 Å². The molecule has 210 valence electrons. The van der Waals surface area contributed by atoms with Crippen molar-refractivity contribution >= 4 is 28.5 Å². The number of carbonyl (C=O) groups excluding carboxylic acids is 2. The molecule has 0 radical (unpaired) electrons. The van der Waals surface area contributed by atoms with E-state index in [1.54, 1.807) is 47.0 Å². The van der Waals surface area contributed by atoms with Crippen LogP contribution in [0, 0.1) is 0 Å². The SMILES string of the molecule is CC(C)(C)c1cc(C(=O)Cn2c(NCCCO)nc3ccc(C(=O)c4ccccc4)cc32)cc(C(C)(C)C)c1O. The maximum atomic E-state index is 13.9. The minimum atomic E-state index is -0.369. The summed E-state index contributed by atoms with van der Waals surface area (Å²) >= 11 is 0. The van der Waals surface area contributed by atoms with Gasteiger partial charge in [-0.3, -0.25) is 9.59 Å². The number of aliphatic hydroxyl groups is 1. The number of phenolic OH excluding ortho intramolecular Hbond substituents is 1. The number of aliphatic hydroxyl groups excluding tert-OH is 1. The molecular weight excluding hydrogens is 502 g/mol. The van der Waals surface area contributed by atoms with Crippen molar-refractivity contribution in [1.29, 1.82) is 0 Å². The lowest BCUT2D eigenvalue weighted by molar-refractivity contribution is 0.0973. The van der Waals surface area contributed by atoms with E-state index in [1.165, 1.54) is 0 Å². The normalized spacial score (nSPS) is 12.1. The van der Waals surface area contributed by atoms with Crippen LogP contribution in [0.5, 0.6) is 5.75 Å². The molecule has 3 aromatic carbocycles. The number of imidazole rings is 1. The summed E-state index contributed by atoms with van der Waals surface area (Å²) in [5.41, 5.74) is 3.60. The van der Waals surface area contributed by atoms with Crippen molar-refractivity contribution in [3.8, 4) is 5.75 Å². The van der Waals surface area contributed by atoms with E-state index < -0.39 is 0 Å². The Kier molecular flexibility index (Phi) is 8.17. The number of ketones is 2. The number of anilines is 1. The number of hydrogen-bond acceptors (Lipinski definition) is 6. The fourth-order valence-corrected chi connectivity index (χ4v) is 4.77. The molecule has 0 unspecified atom stereocenters. The Morgan fingerprint density at radius 3 is 2.05 bits per heavy atom. The zero-order valence-corrected chi connectivity index (χ0v) is 24.2. The summed E-state index contributed by atoms with van der Waals surface area (Å²) in [6.07, 6.45) is 0.525. The average Bonchev–Trinajstić information content (AvgIpc) is 3.23. The lowest BCUT2D eigenvalue weighted by atomic mass is 9.78. The second-order valence-electron chi connectivity index (χ2n) is 12.3. The van der Waals surface area contributed by atoms with Gasteiger partial charge in [0.15, 0.2) is 11.6 Å². The molecular formula is C33H39N3O4. The molecule has 0 saturated heterocycles. The maximum Gasteiger partial charge on any atom is 0.204 e. The van der Waals surface area contributed by atoms with Crippen molar-refractivity contribution < 1.29 is 19.8 Å². The number of phenols is 1. The Hall–Kier alpha value is -3.97. The fourth-order valence-electron chi connectivity index (χ4n) is 4.77. The van der Waals surface area contributed by atoms with Gasteiger partial charge in [0, 0.05) is 41.0 Å². The van der Waals surface area contributed by atoms with Crippen LogP contribution in [0.1, 0.15) is 85.4 Å². The van der Waals surface area contributed by atoms with Crippen LogP contribution in [0.3, 0.4) is 0 Å². The predicted molar refractivity (Wildman–Crippen MR) is 160 cm³/mol. The number of nitrogens with zero attached hydrogens (tertiary/aromatic N) is 2. The molecule has 0 atom stereocenters. The van der Waals surface area contributed by atoms with Gasteiger partial charge in [-0.15, -0.1) is 0 Å². The number of aromatic hydroxyl groups is 1. The molecule has 0 spiro atoms. The molecule has 0 fully saturated rings. The van der Waals surface area contributed by atoms with E-state index >= 15 is 0 Å². The highest BCUT2D eigenvalue weighted by atomic mass is 16.3. The third-order valence-corrected chi connectivity index (χ3v) is 7.01. The van der Waals surface area contributed by atoms with E-state index in [0.29, 0.717) is 46.6 Å². The first-order chi connectivity index (χ1) is 18.8. The fraction of sp³-hybridized carbons (Fsp3) is 0.364. The first-order valence-electron chi connectivity index (χ1n) is 13.7. The highest BCUT2D eigenvalue weighted by Crippen LogP contribution is 2.40. The summed E-state index contributed by atoms with van der Waals surface area (Å²) in [6.45, 7) is 12.6. The molecule has 4 aromatic rings. The molecule has 7 nitrogen and oxygen atoms in total. The van der Waals surface area contributed by atoms with Gasteiger partial charge in [0.2, 0.25) is 5.95 Å². The maximum absolute atomic E-state index is 13.9. The lowest BCUT2D eigenvalue weighted by Crippen LogP contribution is -2.20. The number of hydrogen-bond donors (Lipinski definition) is 3. The molecule has 4 rings (SSSR count). The van der Waals surface area contributed by atoms with Crippen LogP contribution in [0.4, 0.5) is 5.95 Å². The Morgan fingerprint density at radius 2 is 1.48 bits per heavy atom. The molecule has 0 aliphatic carbocycles. The third kappa shape index (κ3) is 6.10. The topological polar surface area (TPSA) is 104 Å². The van der Waals surface area contributed by atoms with Gasteiger partial charge in [-0.1, -0.05) is 71.9 Å². The molecule has 0 aliphatic rings. The van der Waals surface area contributed by atoms with Gasteiger partial charge < -0.3 is 20.1 Å². The molecule has 0 aliphatic heterocycles. The Labute approximate surface area is 235 Å². The zero-order valence-electron chi connectivity index (χ0n) is 24.2. The quantitative estimate of drug-likeness (QED) is 0.171. The van der Waals surface area contributed by atoms with Crippen LogP contribution in [0.25, 0.3) is 11.0 Å². The first-order valence-corrected chi connectivity index (χ1v) is 13.7. The van der Waals surface area contributed by atoms with Gasteiger partial charge in [0.05, 0.1) is 17.6 Å². The van der Waals surface area contributed by atoms with Gasteiger partial charge in [0.1, 0.15) is 5.75 Å². The summed E-state index contributed by atoms with van der Waals surface area (Å²) in [5, 5.41) is 23.6. The smallest absolute Gasteiger partial charge is 0.204 e. The van der Waals surface area contributed by atoms with E-state index in [1.807, 2.05) is 59.7 Å². The van der Waals surface area contributed by atoms with E-state index in [4.69, 9.17) is 4.98 Å². The van der Waals surface area contributed by atoms with Crippen molar-refractivity contribution in [2.24, 2.45) is 0 Å². The van der Waals surface area contributed by atoms with Crippen molar-refractivity contribution in [3.63, 3.8) is 0 Å². The zero-order chi connectivity index (χ0) is 29.2. The standard InChI is InChI=1S/C33H39N3O4/c1-32(2,3)24-17-23(18-25(30(24)40)33(4,5)6)28(38)20-36-27-19-22(29(39)21-11-8-7-9-12-21)13-14-26(27)35-31(36)34-15-10-16-37/h7-9,11-14,17-19,37,40H,10,15-16,20H2,1-6H3,(H,34,35). The molecule has 0 amide bonds. The molecule has 1 heterocycles. The molecule has 40 heavy (non-hydrogen) atoms. The Morgan fingerprint density at radius 1 is 0.850 bits per heavy atom. The number of carbonyl (C=O) groups is 2. The third-order valence-electron chi connectivity index (χ3n) is 7.01. The number of aromatic nitrogens is 2. The van der Waals surface area contributed by atoms with Crippen molar-refractivity contribution in [2.45, 2.75) is 65.3 Å². The number of Topliss-reactive ketones (excluding diaryl/α,β-unsaturated/α-hetero) is 1. The van der Waals surface area contributed by atoms with Gasteiger partial charge >= 0.3 is 0 Å². The molecule has 7 heteroatoms. The summed E-state index contributed by atoms with van der Waals surface area (Å²) in [4.78, 5) is 31.8. The Bertz CT molecular complexity index is 1500. The van der Waals surface area contributed by atoms with Gasteiger partial charge in [0.25, 0.3) is 0 Å². The van der Waals surface area contributed by atoms with E-state index in [-0.39, 0.29) is 41.3 Å². The van der Waals surface area contributed by atoms with Crippen LogP contribution in [-0.2, 0) is 17.4 Å². The summed E-state index contributed by atoms with van der Waals surface area (Å²) in [5.74, 6) is 0.465. The highest BCUT2D eigenvalue weighted by Gasteiger charge is 2.28. The van der Waals surface area contributed by atoms with Crippen molar-refractivity contribution in [1.82, 2.24) is 9.55 Å². The predicted octanol–water partition coefficient (Wildman–Crippen LogP) is 6.25. The van der Waals surface area contributed by atoms with Gasteiger partial charge in [-0.05, 0) is 47.6 Å². The molecule has 1 aromatic heterocycles. The van der Waals surface area contributed by atoms with Crippen molar-refractivity contribution in [3.05, 3.63) is 88.5 Å². The largest absolute Gasteiger partial charge is 0.507 e. The van der Waals surface area contributed by atoms with Gasteiger partial charge in [-0.25, -0.2) is 4.98 Å². The van der Waals surface area contributed by atoms with Crippen LogP contribution in [0.15, 0.2) is 60.7 Å². The van der Waals surface area contributed by atoms with Crippen molar-refractivity contribution in [2.75, 3.05) is 18.5 Å². The average molecular weight is 542 g/mol. The second kappa shape index (κ2) is 11.3. The number of rotatable bonds is 9. The van der Waals surface area contributed by atoms with E-state index in [2.05, 4.69) is 5.32 Å². The summed E-state index contributed by atoms with van der Waals surface area (Å²) < 4.78 is 1.79. The lowest BCUT2D eigenvalue weighted by Gasteiger charge is -2.28. The Balaban J connectivity index is 1.80. The number of fused-ring (bicyclic) bond motifs is 1.